The fraction of sp³-hybridized carbons (Fsp3) is 0.115. The van der Waals surface area contributed by atoms with Gasteiger partial charge in [-0.05, 0) is 135 Å². The van der Waals surface area contributed by atoms with E-state index >= 15 is 0 Å². The van der Waals surface area contributed by atoms with Crippen LogP contribution >= 0.6 is 0 Å². The first-order chi connectivity index (χ1) is 31.4. The molecule has 306 valence electrons. The Morgan fingerprint density at radius 1 is 0.406 bits per heavy atom. The lowest BCUT2D eigenvalue weighted by molar-refractivity contribution is 0.866. The van der Waals surface area contributed by atoms with Crippen molar-refractivity contribution in [3.8, 4) is 22.3 Å². The lowest BCUT2D eigenvalue weighted by Gasteiger charge is -2.28. The van der Waals surface area contributed by atoms with Crippen LogP contribution in [0.25, 0.3) is 60.3 Å². The highest BCUT2D eigenvalue weighted by Gasteiger charge is 2.41. The first kappa shape index (κ1) is 37.0. The van der Waals surface area contributed by atoms with E-state index < -0.39 is 0 Å². The van der Waals surface area contributed by atoms with Gasteiger partial charge in [-0.15, -0.1) is 0 Å². The van der Waals surface area contributed by atoms with Crippen molar-refractivity contribution in [2.45, 2.75) is 45.4 Å². The Bertz CT molecular complexity index is 3600. The molecule has 2 aliphatic carbocycles. The Hall–Kier alpha value is -7.62. The van der Waals surface area contributed by atoms with E-state index in [1.54, 1.807) is 0 Å². The van der Waals surface area contributed by atoms with E-state index in [2.05, 4.69) is 236 Å². The van der Waals surface area contributed by atoms with Crippen molar-refractivity contribution in [3.63, 3.8) is 0 Å². The Balaban J connectivity index is 1.05. The molecule has 3 nitrogen and oxygen atoms in total. The molecule has 9 aromatic carbocycles. The van der Waals surface area contributed by atoms with Crippen LogP contribution in [0, 0.1) is 0 Å². The Morgan fingerprint density at radius 2 is 0.969 bits per heavy atom. The lowest BCUT2D eigenvalue weighted by Crippen LogP contribution is -2.11. The van der Waals surface area contributed by atoms with Crippen LogP contribution in [0.5, 0.6) is 0 Å². The summed E-state index contributed by atoms with van der Waals surface area (Å²) in [6.07, 6.45) is 0. The first-order valence-electron chi connectivity index (χ1n) is 22.9. The van der Waals surface area contributed by atoms with E-state index in [9.17, 15) is 0 Å². The molecule has 64 heavy (non-hydrogen) atoms. The number of rotatable bonds is 8. The third kappa shape index (κ3) is 5.21. The third-order valence-corrected chi connectivity index (χ3v) is 14.3. The van der Waals surface area contributed by atoms with Gasteiger partial charge in [0.15, 0.2) is 0 Å². The van der Waals surface area contributed by atoms with E-state index in [-0.39, 0.29) is 5.92 Å². The summed E-state index contributed by atoms with van der Waals surface area (Å²) in [7, 11) is 0. The number of fused-ring (bicyclic) bond motifs is 12. The Labute approximate surface area is 374 Å². The molecular weight excluding hydrogens is 775 g/mol. The van der Waals surface area contributed by atoms with Gasteiger partial charge in [0.05, 0.1) is 27.9 Å². The molecule has 0 bridgehead atoms. The van der Waals surface area contributed by atoms with Crippen LogP contribution < -0.4 is 9.80 Å². The first-order valence-corrected chi connectivity index (χ1v) is 22.9. The van der Waals surface area contributed by atoms with E-state index in [0.717, 1.165) is 17.1 Å². The zero-order valence-electron chi connectivity index (χ0n) is 36.5. The molecular formula is C61H47N3. The normalized spacial score (nSPS) is 13.8. The summed E-state index contributed by atoms with van der Waals surface area (Å²) in [5, 5.41) is 5.14. The molecule has 0 amide bonds. The molecule has 0 fully saturated rings. The fourth-order valence-corrected chi connectivity index (χ4v) is 11.3. The summed E-state index contributed by atoms with van der Waals surface area (Å²) in [4.78, 5) is 4.92. The van der Waals surface area contributed by atoms with Crippen LogP contribution in [0.2, 0.25) is 0 Å². The Kier molecular flexibility index (Phi) is 8.06. The van der Waals surface area contributed by atoms with Crippen molar-refractivity contribution < 1.29 is 0 Å². The minimum absolute atomic E-state index is 0.149. The van der Waals surface area contributed by atoms with Crippen LogP contribution in [-0.4, -0.2) is 4.40 Å². The zero-order valence-corrected chi connectivity index (χ0v) is 36.5. The molecule has 0 saturated heterocycles. The molecule has 0 N–H and O–H groups in total. The molecule has 0 radical (unpaired) electrons. The lowest BCUT2D eigenvalue weighted by atomic mass is 9.92. The average molecular weight is 822 g/mol. The maximum Gasteiger partial charge on any atom is 0.0641 e. The Morgan fingerprint density at radius 3 is 1.62 bits per heavy atom. The van der Waals surface area contributed by atoms with Gasteiger partial charge < -0.3 is 14.2 Å². The summed E-state index contributed by atoms with van der Waals surface area (Å²) in [6.45, 7) is 9.05. The van der Waals surface area contributed by atoms with Crippen LogP contribution in [0.3, 0.4) is 0 Å². The SMILES string of the molecule is CC(C)c1ccc(N(c2ccccc2)c2ccc3c4c2-c2ccccc2C4c2cc4c5ccc(N(c6ccccc6)c6ccc(C(C)C)cc6)c6c7ccccc7n(c4cc2-3)c56)cc1. The van der Waals surface area contributed by atoms with Gasteiger partial charge in [0, 0.05) is 55.8 Å². The van der Waals surface area contributed by atoms with Crippen LogP contribution in [0.4, 0.5) is 34.1 Å². The standard InChI is InChI=1S/C61H47N3/c1-37(2)39-23-27-43(28-24-39)62(41-15-7-5-8-16-41)54-33-31-47-50-36-56-51(35-52(50)57-45-19-11-12-20-46(45)58(54)60(47)57)48-32-34-55(59-49-21-13-14-22-53(49)64(56)61(48)59)63(42-17-9-6-10-18-42)44-29-25-40(26-30-44)38(3)4/h5-38,57H,1-4H3. The van der Waals surface area contributed by atoms with Gasteiger partial charge in [-0.1, -0.05) is 143 Å². The predicted molar refractivity (Wildman–Crippen MR) is 270 cm³/mol. The molecule has 3 heteroatoms. The molecule has 1 atom stereocenters. The second-order valence-corrected chi connectivity index (χ2v) is 18.4. The number of hydrogen-bond donors (Lipinski definition) is 0. The van der Waals surface area contributed by atoms with Crippen molar-refractivity contribution >= 4 is 72.2 Å². The molecule has 2 aromatic heterocycles. The summed E-state index contributed by atoms with van der Waals surface area (Å²) >= 11 is 0. The largest absolute Gasteiger partial charge is 0.310 e. The van der Waals surface area contributed by atoms with Crippen LogP contribution in [0.15, 0.2) is 194 Å². The highest BCUT2D eigenvalue weighted by atomic mass is 15.2. The van der Waals surface area contributed by atoms with Crippen molar-refractivity contribution in [1.29, 1.82) is 0 Å². The smallest absolute Gasteiger partial charge is 0.0641 e. The number of anilines is 6. The molecule has 13 rings (SSSR count). The summed E-state index contributed by atoms with van der Waals surface area (Å²) < 4.78 is 2.56. The molecule has 0 spiro atoms. The van der Waals surface area contributed by atoms with Crippen molar-refractivity contribution in [3.05, 3.63) is 222 Å². The monoisotopic (exact) mass is 821 g/mol. The topological polar surface area (TPSA) is 10.9 Å². The van der Waals surface area contributed by atoms with Crippen molar-refractivity contribution in [1.82, 2.24) is 4.40 Å². The highest BCUT2D eigenvalue weighted by Crippen LogP contribution is 2.62. The maximum absolute atomic E-state index is 2.56. The number of aromatic nitrogens is 1. The van der Waals surface area contributed by atoms with E-state index in [1.807, 2.05) is 0 Å². The number of nitrogens with zero attached hydrogens (tertiary/aromatic N) is 3. The van der Waals surface area contributed by atoms with Gasteiger partial charge in [-0.25, -0.2) is 0 Å². The van der Waals surface area contributed by atoms with E-state index in [0.29, 0.717) is 11.8 Å². The second-order valence-electron chi connectivity index (χ2n) is 18.4. The van der Waals surface area contributed by atoms with E-state index in [4.69, 9.17) is 0 Å². The predicted octanol–water partition coefficient (Wildman–Crippen LogP) is 17.2. The molecule has 0 aliphatic heterocycles. The third-order valence-electron chi connectivity index (χ3n) is 14.3. The zero-order chi connectivity index (χ0) is 42.8. The van der Waals surface area contributed by atoms with Gasteiger partial charge in [0.2, 0.25) is 0 Å². The van der Waals surface area contributed by atoms with Gasteiger partial charge in [-0.2, -0.15) is 0 Å². The minimum atomic E-state index is 0.149. The molecule has 0 saturated carbocycles. The van der Waals surface area contributed by atoms with Crippen molar-refractivity contribution in [2.24, 2.45) is 0 Å². The quantitative estimate of drug-likeness (QED) is 0.151. The molecule has 11 aromatic rings. The molecule has 2 heterocycles. The van der Waals surface area contributed by atoms with Gasteiger partial charge in [0.1, 0.15) is 0 Å². The summed E-state index contributed by atoms with van der Waals surface area (Å²) in [5.41, 5.74) is 23.0. The van der Waals surface area contributed by atoms with Crippen LogP contribution in [0.1, 0.15) is 73.3 Å². The van der Waals surface area contributed by atoms with Gasteiger partial charge in [-0.3, -0.25) is 0 Å². The highest BCUT2D eigenvalue weighted by molar-refractivity contribution is 6.28. The van der Waals surface area contributed by atoms with Crippen molar-refractivity contribution in [2.75, 3.05) is 9.80 Å². The summed E-state index contributed by atoms with van der Waals surface area (Å²) in [5.74, 6) is 1.08. The molecule has 1 unspecified atom stereocenters. The number of benzene rings is 9. The maximum atomic E-state index is 2.56. The average Bonchev–Trinajstić information content (AvgIpc) is 4.06. The number of hydrogen-bond acceptors (Lipinski definition) is 2. The number of para-hydroxylation sites is 3. The fourth-order valence-electron chi connectivity index (χ4n) is 11.3. The van der Waals surface area contributed by atoms with E-state index in [1.165, 1.54) is 105 Å². The second kappa shape index (κ2) is 13.9. The van der Waals surface area contributed by atoms with Crippen LogP contribution in [-0.2, 0) is 0 Å². The van der Waals surface area contributed by atoms with Gasteiger partial charge >= 0.3 is 0 Å². The van der Waals surface area contributed by atoms with Gasteiger partial charge in [0.25, 0.3) is 0 Å². The molecule has 2 aliphatic rings. The minimum Gasteiger partial charge on any atom is -0.310 e. The summed E-state index contributed by atoms with van der Waals surface area (Å²) in [6, 6.07) is 72.9.